The second kappa shape index (κ2) is 8.01. The molecule has 1 aromatic carbocycles. The molecule has 2 fully saturated rings. The highest BCUT2D eigenvalue weighted by Gasteiger charge is 2.38. The van der Waals surface area contributed by atoms with E-state index < -0.39 is 12.7 Å². The smallest absolute Gasteiger partial charge is 0.333 e. The van der Waals surface area contributed by atoms with E-state index in [1.165, 1.54) is 12.4 Å². The third kappa shape index (κ3) is 3.67. The topological polar surface area (TPSA) is 71.6 Å². The molecule has 3 unspecified atom stereocenters. The van der Waals surface area contributed by atoms with Crippen molar-refractivity contribution in [1.82, 2.24) is 24.5 Å². The van der Waals surface area contributed by atoms with E-state index in [1.54, 1.807) is 10.9 Å². The number of nitrogens with zero attached hydrogens (tertiary/aromatic N) is 6. The molecule has 166 valence electrons. The molecule has 2 aromatic heterocycles. The number of aliphatic hydroxyl groups excluding tert-OH is 1. The van der Waals surface area contributed by atoms with Crippen molar-refractivity contribution in [2.24, 2.45) is 5.92 Å². The number of piperazine rings is 1. The molecule has 8 nitrogen and oxygen atoms in total. The Kier molecular flexibility index (Phi) is 5.33. The fourth-order valence-corrected chi connectivity index (χ4v) is 4.59. The Hall–Kier alpha value is -2.27. The minimum absolute atomic E-state index is 0.134. The molecule has 0 aliphatic carbocycles. The quantitative estimate of drug-likeness (QED) is 0.656. The molecule has 5 rings (SSSR count). The molecular weight excluding hydrogens is 430 g/mol. The average Bonchev–Trinajstić information content (AvgIpc) is 3.47. The van der Waals surface area contributed by atoms with Gasteiger partial charge >= 0.3 is 6.55 Å². The summed E-state index contributed by atoms with van der Waals surface area (Å²) in [5, 5.41) is 19.8. The summed E-state index contributed by atoms with van der Waals surface area (Å²) in [4.78, 5) is 4.35. The van der Waals surface area contributed by atoms with E-state index in [9.17, 15) is 13.9 Å². The first kappa shape index (κ1) is 20.6. The molecule has 0 radical (unpaired) electrons. The Morgan fingerprint density at radius 3 is 2.58 bits per heavy atom. The maximum Gasteiger partial charge on any atom is 0.333 e. The van der Waals surface area contributed by atoms with E-state index in [0.717, 1.165) is 42.8 Å². The van der Waals surface area contributed by atoms with Gasteiger partial charge in [0.15, 0.2) is 0 Å². The Balaban J connectivity index is 1.38. The van der Waals surface area contributed by atoms with E-state index in [0.29, 0.717) is 22.0 Å². The van der Waals surface area contributed by atoms with Crippen molar-refractivity contribution in [3.63, 3.8) is 0 Å². The largest absolute Gasteiger partial charge is 0.389 e. The number of aliphatic hydroxyl groups is 1. The average molecular weight is 453 g/mol. The number of fused-ring (bicyclic) bond motifs is 1. The number of halogens is 3. The summed E-state index contributed by atoms with van der Waals surface area (Å²) >= 11 is 6.57. The number of hydrogen-bond acceptors (Lipinski definition) is 6. The van der Waals surface area contributed by atoms with E-state index in [1.807, 2.05) is 19.1 Å². The number of aromatic nitrogens is 4. The summed E-state index contributed by atoms with van der Waals surface area (Å²) in [6, 6.07) is 3.77. The first-order valence-electron chi connectivity index (χ1n) is 10.2. The lowest BCUT2D eigenvalue weighted by molar-refractivity contribution is -0.0720. The van der Waals surface area contributed by atoms with Gasteiger partial charge in [0.1, 0.15) is 11.9 Å². The summed E-state index contributed by atoms with van der Waals surface area (Å²) in [7, 11) is 0. The molecule has 2 aliphatic rings. The van der Waals surface area contributed by atoms with Gasteiger partial charge in [-0.15, -0.1) is 0 Å². The molecule has 4 heterocycles. The third-order valence-corrected chi connectivity index (χ3v) is 6.39. The van der Waals surface area contributed by atoms with Crippen LogP contribution in [-0.2, 0) is 4.74 Å². The van der Waals surface area contributed by atoms with Crippen molar-refractivity contribution >= 4 is 28.2 Å². The Morgan fingerprint density at radius 2 is 1.94 bits per heavy atom. The first-order valence-corrected chi connectivity index (χ1v) is 10.6. The van der Waals surface area contributed by atoms with Crippen LogP contribution in [0.25, 0.3) is 16.6 Å². The van der Waals surface area contributed by atoms with Gasteiger partial charge in [-0.2, -0.15) is 19.0 Å². The zero-order valence-corrected chi connectivity index (χ0v) is 17.7. The molecule has 0 spiro atoms. The summed E-state index contributed by atoms with van der Waals surface area (Å²) in [6.45, 7) is 2.78. The Labute approximate surface area is 182 Å². The molecular formula is C20H23ClF2N6O2. The number of rotatable bonds is 4. The highest BCUT2D eigenvalue weighted by atomic mass is 35.5. The highest BCUT2D eigenvalue weighted by Crippen LogP contribution is 2.33. The van der Waals surface area contributed by atoms with Gasteiger partial charge in [-0.1, -0.05) is 18.5 Å². The van der Waals surface area contributed by atoms with Crippen molar-refractivity contribution in [3.8, 4) is 5.69 Å². The number of ether oxygens (including phenoxy) is 1. The van der Waals surface area contributed by atoms with Crippen LogP contribution in [0.5, 0.6) is 0 Å². The van der Waals surface area contributed by atoms with E-state index in [4.69, 9.17) is 16.3 Å². The van der Waals surface area contributed by atoms with Gasteiger partial charge in [0.05, 0.1) is 47.5 Å². The van der Waals surface area contributed by atoms with Crippen LogP contribution in [0.3, 0.4) is 0 Å². The fraction of sp³-hybridized carbons (Fsp3) is 0.500. The Morgan fingerprint density at radius 1 is 1.16 bits per heavy atom. The van der Waals surface area contributed by atoms with Crippen molar-refractivity contribution in [2.45, 2.75) is 25.8 Å². The summed E-state index contributed by atoms with van der Waals surface area (Å²) in [5.74, 6) is 0.134. The lowest BCUT2D eigenvalue weighted by Gasteiger charge is -2.39. The number of anilines is 1. The molecule has 3 aromatic rings. The van der Waals surface area contributed by atoms with Gasteiger partial charge in [0.25, 0.3) is 0 Å². The van der Waals surface area contributed by atoms with Crippen LogP contribution in [0.2, 0.25) is 5.02 Å². The molecule has 0 bridgehead atoms. The van der Waals surface area contributed by atoms with Crippen LogP contribution in [0.15, 0.2) is 30.7 Å². The fourth-order valence-electron chi connectivity index (χ4n) is 4.29. The van der Waals surface area contributed by atoms with Crippen LogP contribution in [0.4, 0.5) is 14.5 Å². The van der Waals surface area contributed by atoms with Crippen molar-refractivity contribution < 1.29 is 18.6 Å². The standard InChI is InChI=1S/C20H23ClF2N6O2/c1-12-11-31-19(18(12)30)27-4-2-26(3-5-27)17-7-16-13(6-15(17)21)8-25-29(16)14-9-24-28(10-14)20(22)23/h6-10,12,18-20,30H,2-5,11H2,1H3. The van der Waals surface area contributed by atoms with Crippen LogP contribution >= 0.6 is 11.6 Å². The second-order valence-electron chi connectivity index (χ2n) is 8.09. The number of benzene rings is 1. The summed E-state index contributed by atoms with van der Waals surface area (Å²) in [5.41, 5.74) is 2.08. The van der Waals surface area contributed by atoms with E-state index >= 15 is 0 Å². The third-order valence-electron chi connectivity index (χ3n) is 6.09. The normalized spacial score (nSPS) is 25.2. The predicted octanol–water partition coefficient (Wildman–Crippen LogP) is 2.75. The summed E-state index contributed by atoms with van der Waals surface area (Å²) < 4.78 is 33.8. The monoisotopic (exact) mass is 452 g/mol. The van der Waals surface area contributed by atoms with Crippen molar-refractivity contribution in [3.05, 3.63) is 35.7 Å². The van der Waals surface area contributed by atoms with Crippen LogP contribution < -0.4 is 4.90 Å². The number of hydrogen-bond donors (Lipinski definition) is 1. The minimum Gasteiger partial charge on any atom is -0.389 e. The molecule has 0 saturated carbocycles. The molecule has 3 atom stereocenters. The zero-order valence-electron chi connectivity index (χ0n) is 16.9. The minimum atomic E-state index is -2.71. The van der Waals surface area contributed by atoms with Gasteiger partial charge in [0.2, 0.25) is 0 Å². The first-order chi connectivity index (χ1) is 14.9. The highest BCUT2D eigenvalue weighted by molar-refractivity contribution is 6.34. The van der Waals surface area contributed by atoms with Gasteiger partial charge in [-0.3, -0.25) is 4.90 Å². The maximum atomic E-state index is 12.9. The van der Waals surface area contributed by atoms with Gasteiger partial charge in [-0.25, -0.2) is 9.36 Å². The SMILES string of the molecule is CC1COC(N2CCN(c3cc4c(cnn4-c4cnn(C(F)F)c4)cc3Cl)CC2)C1O. The van der Waals surface area contributed by atoms with Crippen molar-refractivity contribution in [1.29, 1.82) is 0 Å². The Bertz CT molecular complexity index is 1080. The predicted molar refractivity (Wildman–Crippen MR) is 112 cm³/mol. The van der Waals surface area contributed by atoms with Crippen LogP contribution in [0, 0.1) is 5.92 Å². The van der Waals surface area contributed by atoms with Gasteiger partial charge < -0.3 is 14.7 Å². The van der Waals surface area contributed by atoms with E-state index in [2.05, 4.69) is 20.0 Å². The lowest BCUT2D eigenvalue weighted by atomic mass is 10.1. The molecule has 1 N–H and O–H groups in total. The zero-order chi connectivity index (χ0) is 21.7. The van der Waals surface area contributed by atoms with Gasteiger partial charge in [0, 0.05) is 37.5 Å². The molecule has 2 aliphatic heterocycles. The summed E-state index contributed by atoms with van der Waals surface area (Å²) in [6.07, 6.45) is 3.54. The van der Waals surface area contributed by atoms with Gasteiger partial charge in [-0.05, 0) is 12.1 Å². The van der Waals surface area contributed by atoms with Crippen molar-refractivity contribution in [2.75, 3.05) is 37.7 Å². The maximum absolute atomic E-state index is 12.9. The van der Waals surface area contributed by atoms with E-state index in [-0.39, 0.29) is 12.1 Å². The molecule has 2 saturated heterocycles. The van der Waals surface area contributed by atoms with Crippen LogP contribution in [-0.4, -0.2) is 74.7 Å². The second-order valence-corrected chi connectivity index (χ2v) is 8.50. The van der Waals surface area contributed by atoms with Crippen LogP contribution in [0.1, 0.15) is 13.5 Å². The molecule has 31 heavy (non-hydrogen) atoms. The molecule has 0 amide bonds. The number of alkyl halides is 2. The molecule has 11 heteroatoms. The lowest BCUT2D eigenvalue weighted by Crippen LogP contribution is -2.53.